The minimum absolute atomic E-state index is 0. The molecule has 0 aliphatic rings. The molecule has 0 bridgehead atoms. The topological polar surface area (TPSA) is 133 Å². The molecule has 5 N–H and O–H groups in total. The number of carboxylic acid groups (broad SMARTS) is 1. The second-order valence-electron chi connectivity index (χ2n) is 4.53. The Bertz CT molecular complexity index is 301. The van der Waals surface area contributed by atoms with Crippen molar-refractivity contribution in [1.82, 2.24) is 0 Å². The van der Waals surface area contributed by atoms with E-state index in [0.29, 0.717) is 6.42 Å². The van der Waals surface area contributed by atoms with E-state index in [1.807, 2.05) is 39.5 Å². The van der Waals surface area contributed by atoms with E-state index in [2.05, 4.69) is 124 Å². The van der Waals surface area contributed by atoms with Crippen LogP contribution in [-0.4, -0.2) is 45.0 Å². The van der Waals surface area contributed by atoms with Gasteiger partial charge in [0.15, 0.2) is 0 Å². The molecule has 0 heterocycles. The van der Waals surface area contributed by atoms with Crippen LogP contribution in [0.5, 0.6) is 0 Å². The van der Waals surface area contributed by atoms with Crippen LogP contribution < -0.4 is 11.5 Å². The van der Waals surface area contributed by atoms with E-state index >= 15 is 0 Å². The molecule has 0 saturated heterocycles. The van der Waals surface area contributed by atoms with Gasteiger partial charge in [0, 0.05) is 20.3 Å². The maximum absolute atomic E-state index is 10.6. The van der Waals surface area contributed by atoms with Gasteiger partial charge in [-0.3, -0.25) is 14.4 Å². The fraction of sp³-hybridized carbons (Fsp3) is 0.778. The van der Waals surface area contributed by atoms with Crippen molar-refractivity contribution in [2.75, 3.05) is 16.4 Å². The molecule has 0 aromatic rings. The molecule has 0 aromatic heterocycles. The Morgan fingerprint density at radius 2 is 1.10 bits per heavy atom. The number of carbonyl (C=O) groups is 3. The SMILES string of the molecule is CC.CC(=O)O.CC(N)=O.CCC(=O)OC(C)(C)C.CCI.CI.CN.[CH3-].[I][V]([I])[I]. The fourth-order valence-corrected chi connectivity index (χ4v) is 0.414. The summed E-state index contributed by atoms with van der Waals surface area (Å²) < 4.78 is 6.17. The van der Waals surface area contributed by atoms with Gasteiger partial charge in [-0.05, 0) is 37.2 Å². The number of carbonyl (C=O) groups excluding carboxylic acids is 2. The predicted molar refractivity (Wildman–Crippen MR) is 179 cm³/mol. The van der Waals surface area contributed by atoms with E-state index in [-0.39, 0.29) is 29.8 Å². The maximum atomic E-state index is 10.6. The van der Waals surface area contributed by atoms with Gasteiger partial charge in [0.25, 0.3) is 5.97 Å². The summed E-state index contributed by atoms with van der Waals surface area (Å²) in [5.41, 5.74) is 8.65. The molecule has 0 spiro atoms. The molecule has 0 saturated carbocycles. The van der Waals surface area contributed by atoms with Crippen molar-refractivity contribution in [1.29, 1.82) is 0 Å². The number of halogens is 5. The first-order valence-corrected chi connectivity index (χ1v) is 25.7. The zero-order chi connectivity index (χ0) is 26.9. The van der Waals surface area contributed by atoms with E-state index in [1.54, 1.807) is 6.92 Å². The number of amides is 1. The average Bonchev–Trinajstić information content (AvgIpc) is 2.58. The molecule has 0 aromatic carbocycles. The molecule has 0 aliphatic carbocycles. The molecule has 31 heavy (non-hydrogen) atoms. The number of nitrogens with two attached hydrogens (primary N) is 2. The van der Waals surface area contributed by atoms with Crippen molar-refractivity contribution in [2.24, 2.45) is 11.5 Å². The molecule has 1 amide bonds. The van der Waals surface area contributed by atoms with E-state index in [4.69, 9.17) is 14.6 Å². The van der Waals surface area contributed by atoms with Crippen molar-refractivity contribution < 1.29 is 29.1 Å². The van der Waals surface area contributed by atoms with Gasteiger partial charge in [-0.15, -0.1) is 0 Å². The van der Waals surface area contributed by atoms with Gasteiger partial charge >= 0.3 is 70.8 Å². The van der Waals surface area contributed by atoms with Crippen molar-refractivity contribution in [3.05, 3.63) is 7.43 Å². The molecule has 0 fully saturated rings. The molecular formula is C18H45I5N2O5V-. The summed E-state index contributed by atoms with van der Waals surface area (Å²) in [6.45, 7) is 15.9. The summed E-state index contributed by atoms with van der Waals surface area (Å²) in [4.78, 5) is 30.5. The van der Waals surface area contributed by atoms with E-state index in [0.717, 1.165) is 6.92 Å². The molecule has 13 heteroatoms. The van der Waals surface area contributed by atoms with Gasteiger partial charge < -0.3 is 28.7 Å². The average molecular weight is 1060 g/mol. The third kappa shape index (κ3) is 331. The number of primary amides is 1. The number of esters is 1. The molecule has 0 aliphatic heterocycles. The monoisotopic (exact) mass is 1050 g/mol. The van der Waals surface area contributed by atoms with E-state index in [9.17, 15) is 9.59 Å². The third-order valence-electron chi connectivity index (χ3n) is 0.709. The summed E-state index contributed by atoms with van der Waals surface area (Å²) >= 11 is 11.8. The van der Waals surface area contributed by atoms with Crippen LogP contribution in [0.25, 0.3) is 0 Å². The van der Waals surface area contributed by atoms with Crippen LogP contribution in [0.3, 0.4) is 0 Å². The Hall–Kier alpha value is 2.60. The van der Waals surface area contributed by atoms with Crippen LogP contribution in [0, 0.1) is 7.43 Å². The number of rotatable bonds is 1. The summed E-state index contributed by atoms with van der Waals surface area (Å²) in [6, 6.07) is 0. The van der Waals surface area contributed by atoms with Gasteiger partial charge in [-0.2, -0.15) is 0 Å². The van der Waals surface area contributed by atoms with Crippen LogP contribution in [-0.2, 0) is 24.0 Å². The quantitative estimate of drug-likeness (QED) is 0.108. The summed E-state index contributed by atoms with van der Waals surface area (Å²) in [5, 5.41) is 7.42. The van der Waals surface area contributed by atoms with Gasteiger partial charge in [-0.25, -0.2) is 0 Å². The van der Waals surface area contributed by atoms with Gasteiger partial charge in [0.05, 0.1) is 0 Å². The van der Waals surface area contributed by atoms with Crippen molar-refractivity contribution in [3.63, 3.8) is 0 Å². The molecule has 0 radical (unpaired) electrons. The van der Waals surface area contributed by atoms with Crippen LogP contribution in [0.15, 0.2) is 0 Å². The molecule has 0 atom stereocenters. The number of hydrogen-bond acceptors (Lipinski definition) is 5. The summed E-state index contributed by atoms with van der Waals surface area (Å²) in [7, 11) is 1.50. The minimum atomic E-state index is -0.833. The number of aliphatic carboxylic acids is 1. The molecule has 7 nitrogen and oxygen atoms in total. The van der Waals surface area contributed by atoms with Gasteiger partial charge in [0.2, 0.25) is 5.91 Å². The Labute approximate surface area is 257 Å². The summed E-state index contributed by atoms with van der Waals surface area (Å²) in [6.07, 6.45) is 0.456. The first-order chi connectivity index (χ1) is 13.6. The fourth-order valence-electron chi connectivity index (χ4n) is 0.414. The zero-order valence-corrected chi connectivity index (χ0v) is 33.2. The van der Waals surface area contributed by atoms with E-state index < -0.39 is 5.97 Å². The van der Waals surface area contributed by atoms with Crippen molar-refractivity contribution >= 4 is 123 Å². The second-order valence-corrected chi connectivity index (χ2v) is 41.4. The Balaban J connectivity index is -0.0000000274. The second kappa shape index (κ2) is 58.5. The van der Waals surface area contributed by atoms with Crippen molar-refractivity contribution in [2.45, 2.75) is 74.3 Å². The molecule has 0 rings (SSSR count). The van der Waals surface area contributed by atoms with E-state index in [1.165, 1.54) is 18.4 Å². The normalized spacial score (nSPS) is 7.16. The molecule has 198 valence electrons. The standard InChI is InChI=1S/C7H14O2.C2H5I.C2H5NO.C2H4O2.C2H6.CH3I.CH5N.CH3.3HI.V/c1-5-6(8)9-7(2,3)4;1-2-3;2*1-2(3)4;3*1-2;;;;;/h5H2,1-4H3;2H2,1H3;1H3,(H2,3,4);1H3,(H,3,4);1-2H3;1H3;2H2,1H3;1H3;3*1H;/q;;;;;;;-1;;;;+3/p-3. The molecule has 0 unspecified atom stereocenters. The number of hydrogen-bond donors (Lipinski definition) is 3. The van der Waals surface area contributed by atoms with Crippen molar-refractivity contribution in [3.8, 4) is 0 Å². The predicted octanol–water partition coefficient (Wildman–Crippen LogP) is 7.52. The number of alkyl halides is 2. The third-order valence-corrected chi connectivity index (χ3v) is 0.709. The summed E-state index contributed by atoms with van der Waals surface area (Å²) in [5.74, 6) is -1.30. The Kier molecular flexibility index (Phi) is 111. The van der Waals surface area contributed by atoms with Crippen LogP contribution in [0.2, 0.25) is 0 Å². The first-order valence-electron chi connectivity index (χ1n) is 8.53. The molecular weight excluding hydrogens is 1010 g/mol. The Morgan fingerprint density at radius 1 is 0.968 bits per heavy atom. The number of ether oxygens (including phenoxy) is 1. The van der Waals surface area contributed by atoms with Crippen LogP contribution in [0.4, 0.5) is 0 Å². The van der Waals surface area contributed by atoms with Gasteiger partial charge in [0.1, 0.15) is 5.60 Å². The van der Waals surface area contributed by atoms with Gasteiger partial charge in [-0.1, -0.05) is 72.9 Å². The first kappa shape index (κ1) is 59.0. The van der Waals surface area contributed by atoms with Crippen LogP contribution in [0.1, 0.15) is 68.7 Å². The number of carboxylic acids is 1. The van der Waals surface area contributed by atoms with Crippen LogP contribution >= 0.6 is 105 Å². The Morgan fingerprint density at radius 3 is 1.13 bits per heavy atom. The zero-order valence-electron chi connectivity index (χ0n) is 21.0.